The van der Waals surface area contributed by atoms with Crippen molar-refractivity contribution < 1.29 is 5.11 Å². The van der Waals surface area contributed by atoms with Gasteiger partial charge in [-0.05, 0) is 19.4 Å². The van der Waals surface area contributed by atoms with Gasteiger partial charge in [-0.15, -0.1) is 0 Å². The number of nitrogens with one attached hydrogen (secondary N) is 1. The molecule has 0 aromatic rings. The molecule has 1 aliphatic carbocycles. The molecule has 1 heterocycles. The number of β-amino-alcohol motifs (C(OH)–C–C–N with tert-alkyl or cyclic N) is 1. The van der Waals surface area contributed by atoms with E-state index in [1.54, 1.807) is 0 Å². The van der Waals surface area contributed by atoms with Crippen LogP contribution in [-0.4, -0.2) is 47.8 Å². The Hall–Kier alpha value is -0.120. The Bertz CT molecular complexity index is 159. The molecule has 2 atom stereocenters. The fourth-order valence-corrected chi connectivity index (χ4v) is 2.16. The molecule has 1 aliphatic heterocycles. The van der Waals surface area contributed by atoms with Crippen LogP contribution >= 0.6 is 0 Å². The third-order valence-corrected chi connectivity index (χ3v) is 2.96. The summed E-state index contributed by atoms with van der Waals surface area (Å²) in [7, 11) is 0. The third kappa shape index (κ3) is 1.49. The first-order valence-electron chi connectivity index (χ1n) is 4.97. The first-order chi connectivity index (χ1) is 5.83. The van der Waals surface area contributed by atoms with Gasteiger partial charge in [-0.3, -0.25) is 4.90 Å². The van der Waals surface area contributed by atoms with E-state index < -0.39 is 0 Å². The van der Waals surface area contributed by atoms with Crippen molar-refractivity contribution >= 4 is 0 Å². The number of hydrogen-bond acceptors (Lipinski definition) is 3. The van der Waals surface area contributed by atoms with Gasteiger partial charge in [0.2, 0.25) is 0 Å². The molecule has 3 nitrogen and oxygen atoms in total. The smallest absolute Gasteiger partial charge is 0.0831 e. The molecule has 0 amide bonds. The van der Waals surface area contributed by atoms with Gasteiger partial charge in [-0.2, -0.15) is 0 Å². The normalized spacial score (nSPS) is 36.2. The fourth-order valence-electron chi connectivity index (χ4n) is 2.16. The van der Waals surface area contributed by atoms with Gasteiger partial charge in [0.05, 0.1) is 6.10 Å². The van der Waals surface area contributed by atoms with Gasteiger partial charge in [0.25, 0.3) is 0 Å². The first-order valence-corrected chi connectivity index (χ1v) is 4.97. The molecule has 0 aromatic heterocycles. The topological polar surface area (TPSA) is 35.5 Å². The highest BCUT2D eigenvalue weighted by Crippen LogP contribution is 2.29. The van der Waals surface area contributed by atoms with Crippen LogP contribution in [0.3, 0.4) is 0 Å². The van der Waals surface area contributed by atoms with Crippen molar-refractivity contribution in [1.29, 1.82) is 0 Å². The molecule has 2 fully saturated rings. The Morgan fingerprint density at radius 3 is 2.58 bits per heavy atom. The van der Waals surface area contributed by atoms with E-state index in [0.29, 0.717) is 6.04 Å². The second-order valence-electron chi connectivity index (χ2n) is 3.85. The largest absolute Gasteiger partial charge is 0.390 e. The molecule has 2 rings (SSSR count). The van der Waals surface area contributed by atoms with E-state index in [1.807, 2.05) is 0 Å². The molecule has 0 radical (unpaired) electrons. The summed E-state index contributed by atoms with van der Waals surface area (Å²) in [6.45, 7) is 5.00. The molecule has 0 bridgehead atoms. The summed E-state index contributed by atoms with van der Waals surface area (Å²) in [6, 6.07) is 1.15. The van der Waals surface area contributed by atoms with Crippen LogP contribution in [0.5, 0.6) is 0 Å². The number of rotatable bonds is 3. The average molecular weight is 170 g/mol. The van der Waals surface area contributed by atoms with Gasteiger partial charge < -0.3 is 10.4 Å². The van der Waals surface area contributed by atoms with Crippen LogP contribution in [-0.2, 0) is 0 Å². The number of aliphatic hydroxyl groups excluding tert-OH is 1. The molecule has 12 heavy (non-hydrogen) atoms. The molecule has 1 saturated heterocycles. The maximum absolute atomic E-state index is 9.66. The molecule has 70 valence electrons. The summed E-state index contributed by atoms with van der Waals surface area (Å²) in [5.41, 5.74) is 0. The Labute approximate surface area is 73.8 Å². The predicted molar refractivity (Wildman–Crippen MR) is 48.1 cm³/mol. The Kier molecular flexibility index (Phi) is 2.35. The lowest BCUT2D eigenvalue weighted by Gasteiger charge is -2.28. The molecule has 3 heteroatoms. The molecule has 1 saturated carbocycles. The molecular formula is C9H18N2O. The zero-order chi connectivity index (χ0) is 8.55. The molecular weight excluding hydrogens is 152 g/mol. The standard InChI is InChI=1S/C9H18N2O/c1-2-11(7-3-4-7)8-5-10-6-9(8)12/h7-10,12H,2-6H2,1H3. The zero-order valence-corrected chi connectivity index (χ0v) is 7.66. The summed E-state index contributed by atoms with van der Waals surface area (Å²) >= 11 is 0. The molecule has 2 aliphatic rings. The molecule has 2 N–H and O–H groups in total. The highest BCUT2D eigenvalue weighted by Gasteiger charge is 2.37. The van der Waals surface area contributed by atoms with E-state index in [1.165, 1.54) is 12.8 Å². The van der Waals surface area contributed by atoms with Crippen molar-refractivity contribution in [2.24, 2.45) is 0 Å². The van der Waals surface area contributed by atoms with Crippen LogP contribution in [0.4, 0.5) is 0 Å². The lowest BCUT2D eigenvalue weighted by atomic mass is 10.2. The van der Waals surface area contributed by atoms with Gasteiger partial charge in [0.15, 0.2) is 0 Å². The molecule has 2 unspecified atom stereocenters. The Balaban J connectivity index is 1.94. The van der Waals surface area contributed by atoms with Crippen molar-refractivity contribution in [2.75, 3.05) is 19.6 Å². The third-order valence-electron chi connectivity index (χ3n) is 2.96. The second kappa shape index (κ2) is 3.32. The van der Waals surface area contributed by atoms with Gasteiger partial charge in [0, 0.05) is 25.2 Å². The van der Waals surface area contributed by atoms with Gasteiger partial charge >= 0.3 is 0 Å². The maximum Gasteiger partial charge on any atom is 0.0831 e. The first kappa shape index (κ1) is 8.48. The van der Waals surface area contributed by atoms with Crippen molar-refractivity contribution in [3.8, 4) is 0 Å². The van der Waals surface area contributed by atoms with Gasteiger partial charge in [-0.25, -0.2) is 0 Å². The van der Waals surface area contributed by atoms with Crippen molar-refractivity contribution in [2.45, 2.75) is 38.0 Å². The monoisotopic (exact) mass is 170 g/mol. The molecule has 0 aromatic carbocycles. The summed E-state index contributed by atoms with van der Waals surface area (Å²) in [5.74, 6) is 0. The Morgan fingerprint density at radius 2 is 2.17 bits per heavy atom. The highest BCUT2D eigenvalue weighted by atomic mass is 16.3. The number of aliphatic hydroxyl groups is 1. The minimum Gasteiger partial charge on any atom is -0.390 e. The fraction of sp³-hybridized carbons (Fsp3) is 1.00. The lowest BCUT2D eigenvalue weighted by molar-refractivity contribution is 0.0814. The summed E-state index contributed by atoms with van der Waals surface area (Å²) in [6.07, 6.45) is 2.51. The maximum atomic E-state index is 9.66. The summed E-state index contributed by atoms with van der Waals surface area (Å²) < 4.78 is 0. The second-order valence-corrected chi connectivity index (χ2v) is 3.85. The van der Waals surface area contributed by atoms with E-state index in [4.69, 9.17) is 0 Å². The van der Waals surface area contributed by atoms with E-state index in [9.17, 15) is 5.11 Å². The van der Waals surface area contributed by atoms with Crippen molar-refractivity contribution in [3.63, 3.8) is 0 Å². The number of likely N-dealkylation sites (N-methyl/N-ethyl adjacent to an activating group) is 1. The molecule has 0 spiro atoms. The predicted octanol–water partition coefficient (Wildman–Crippen LogP) is -0.197. The summed E-state index contributed by atoms with van der Waals surface area (Å²) in [5, 5.41) is 12.9. The van der Waals surface area contributed by atoms with E-state index >= 15 is 0 Å². The van der Waals surface area contributed by atoms with Crippen LogP contribution in [0.15, 0.2) is 0 Å². The van der Waals surface area contributed by atoms with Crippen LogP contribution < -0.4 is 5.32 Å². The minimum atomic E-state index is -0.148. The number of nitrogens with zero attached hydrogens (tertiary/aromatic N) is 1. The quantitative estimate of drug-likeness (QED) is 0.616. The highest BCUT2D eigenvalue weighted by molar-refractivity contribution is 4.95. The van der Waals surface area contributed by atoms with Crippen LogP contribution in [0.1, 0.15) is 19.8 Å². The van der Waals surface area contributed by atoms with Gasteiger partial charge in [-0.1, -0.05) is 6.92 Å². The van der Waals surface area contributed by atoms with Crippen LogP contribution in [0.25, 0.3) is 0 Å². The SMILES string of the molecule is CCN(C1CC1)C1CNCC1O. The summed E-state index contributed by atoms with van der Waals surface area (Å²) in [4.78, 5) is 2.45. The van der Waals surface area contributed by atoms with E-state index in [0.717, 1.165) is 25.7 Å². The average Bonchev–Trinajstić information content (AvgIpc) is 2.80. The van der Waals surface area contributed by atoms with Crippen molar-refractivity contribution in [3.05, 3.63) is 0 Å². The van der Waals surface area contributed by atoms with Gasteiger partial charge in [0.1, 0.15) is 0 Å². The van der Waals surface area contributed by atoms with E-state index in [-0.39, 0.29) is 6.10 Å². The Morgan fingerprint density at radius 1 is 1.42 bits per heavy atom. The number of hydrogen-bond donors (Lipinski definition) is 2. The zero-order valence-electron chi connectivity index (χ0n) is 7.66. The van der Waals surface area contributed by atoms with Crippen LogP contribution in [0.2, 0.25) is 0 Å². The minimum absolute atomic E-state index is 0.148. The van der Waals surface area contributed by atoms with Crippen LogP contribution in [0, 0.1) is 0 Å². The lowest BCUT2D eigenvalue weighted by Crippen LogP contribution is -2.44. The van der Waals surface area contributed by atoms with E-state index in [2.05, 4.69) is 17.1 Å². The van der Waals surface area contributed by atoms with Crippen molar-refractivity contribution in [1.82, 2.24) is 10.2 Å².